The Morgan fingerprint density at radius 1 is 1.00 bits per heavy atom. The molecular weight excluding hydrogens is 416 g/mol. The third kappa shape index (κ3) is 5.17. The molecule has 1 aliphatic heterocycles. The Morgan fingerprint density at radius 3 is 2.30 bits per heavy atom. The van der Waals surface area contributed by atoms with Crippen molar-refractivity contribution < 1.29 is 19.1 Å². The van der Waals surface area contributed by atoms with Gasteiger partial charge in [0.2, 0.25) is 0 Å². The molecule has 0 aliphatic carbocycles. The van der Waals surface area contributed by atoms with Crippen LogP contribution in [0.25, 0.3) is 0 Å². The molecule has 33 heavy (non-hydrogen) atoms. The number of nitrogens with one attached hydrogen (secondary N) is 1. The zero-order chi connectivity index (χ0) is 23.2. The van der Waals surface area contributed by atoms with Crippen LogP contribution in [0.3, 0.4) is 0 Å². The maximum atomic E-state index is 13.0. The molecule has 1 aliphatic rings. The fourth-order valence-electron chi connectivity index (χ4n) is 3.84. The van der Waals surface area contributed by atoms with Crippen molar-refractivity contribution in [3.8, 4) is 11.5 Å². The van der Waals surface area contributed by atoms with Gasteiger partial charge in [-0.05, 0) is 53.4 Å². The molecule has 1 unspecified atom stereocenters. The zero-order valence-corrected chi connectivity index (χ0v) is 19.1. The first-order valence-corrected chi connectivity index (χ1v) is 11.0. The lowest BCUT2D eigenvalue weighted by atomic mass is 9.95. The average Bonchev–Trinajstić information content (AvgIpc) is 3.37. The fraction of sp³-hybridized carbons (Fsp3) is 0.259. The Morgan fingerprint density at radius 2 is 1.67 bits per heavy atom. The number of hydrogen-bond acceptors (Lipinski definition) is 5. The number of amides is 1. The minimum Gasteiger partial charge on any atom is -0.497 e. The second-order valence-corrected chi connectivity index (χ2v) is 7.87. The summed E-state index contributed by atoms with van der Waals surface area (Å²) in [6.45, 7) is 2.49. The van der Waals surface area contributed by atoms with Crippen LogP contribution in [0.1, 0.15) is 52.1 Å². The number of methoxy groups -OCH3 is 2. The minimum atomic E-state index is -0.149. The van der Waals surface area contributed by atoms with Crippen LogP contribution in [0.15, 0.2) is 71.9 Å². The Kier molecular flexibility index (Phi) is 6.93. The number of ether oxygens (including phenoxy) is 2. The average molecular weight is 445 g/mol. The Bertz CT molecular complexity index is 1140. The first-order valence-electron chi connectivity index (χ1n) is 11.0. The molecule has 0 radical (unpaired) electrons. The maximum absolute atomic E-state index is 13.0. The van der Waals surface area contributed by atoms with Crippen LogP contribution >= 0.6 is 0 Å². The number of carbonyl (C=O) groups excluding carboxylic acids is 1. The van der Waals surface area contributed by atoms with Crippen LogP contribution < -0.4 is 14.8 Å². The molecule has 1 atom stereocenters. The molecule has 0 spiro atoms. The van der Waals surface area contributed by atoms with Crippen molar-refractivity contribution in [1.29, 1.82) is 0 Å². The van der Waals surface area contributed by atoms with Crippen LogP contribution in [0.4, 0.5) is 0 Å². The van der Waals surface area contributed by atoms with Gasteiger partial charge in [0.15, 0.2) is 6.10 Å². The highest BCUT2D eigenvalue weighted by molar-refractivity contribution is 6.04. The van der Waals surface area contributed by atoms with Gasteiger partial charge >= 0.3 is 0 Å². The molecular formula is C27H28N2O4. The second-order valence-electron chi connectivity index (χ2n) is 7.87. The van der Waals surface area contributed by atoms with Gasteiger partial charge in [0, 0.05) is 24.1 Å². The lowest BCUT2D eigenvalue weighted by molar-refractivity contribution is 0.0857. The standard InChI is InChI=1S/C27H28N2O4/c1-4-19-7-8-21(25-16-26(33-29-25)20-9-13-23(32-3)14-10-20)15-24(19)27(30)28-17-18-5-11-22(31-2)12-6-18/h5-15,26H,4,16-17H2,1-3H3,(H,28,30). The summed E-state index contributed by atoms with van der Waals surface area (Å²) in [4.78, 5) is 18.7. The summed E-state index contributed by atoms with van der Waals surface area (Å²) < 4.78 is 10.4. The molecule has 1 amide bonds. The van der Waals surface area contributed by atoms with Crippen molar-refractivity contribution in [3.63, 3.8) is 0 Å². The topological polar surface area (TPSA) is 69.2 Å². The number of benzene rings is 3. The van der Waals surface area contributed by atoms with Crippen molar-refractivity contribution >= 4 is 11.6 Å². The Labute approximate surface area is 194 Å². The van der Waals surface area contributed by atoms with Gasteiger partial charge in [-0.2, -0.15) is 0 Å². The summed E-state index contributed by atoms with van der Waals surface area (Å²) in [5.41, 5.74) is 5.45. The molecule has 0 saturated carbocycles. The van der Waals surface area contributed by atoms with E-state index in [2.05, 4.69) is 10.5 Å². The van der Waals surface area contributed by atoms with E-state index >= 15 is 0 Å². The number of nitrogens with zero attached hydrogens (tertiary/aromatic N) is 1. The minimum absolute atomic E-state index is 0.101. The summed E-state index contributed by atoms with van der Waals surface area (Å²) in [5, 5.41) is 7.34. The van der Waals surface area contributed by atoms with Crippen molar-refractivity contribution in [2.45, 2.75) is 32.4 Å². The van der Waals surface area contributed by atoms with E-state index in [0.29, 0.717) is 18.5 Å². The van der Waals surface area contributed by atoms with Crippen molar-refractivity contribution in [2.24, 2.45) is 5.16 Å². The lowest BCUT2D eigenvalue weighted by Gasteiger charge is -2.12. The second kappa shape index (κ2) is 10.2. The predicted molar refractivity (Wildman–Crippen MR) is 128 cm³/mol. The summed E-state index contributed by atoms with van der Waals surface area (Å²) in [6, 6.07) is 21.4. The highest BCUT2D eigenvalue weighted by Crippen LogP contribution is 2.31. The van der Waals surface area contributed by atoms with Crippen LogP contribution in [0.5, 0.6) is 11.5 Å². The first-order chi connectivity index (χ1) is 16.1. The molecule has 4 rings (SSSR count). The molecule has 0 fully saturated rings. The largest absolute Gasteiger partial charge is 0.497 e. The van der Waals surface area contributed by atoms with Crippen LogP contribution in [0.2, 0.25) is 0 Å². The molecule has 170 valence electrons. The van der Waals surface area contributed by atoms with Crippen molar-refractivity contribution in [2.75, 3.05) is 14.2 Å². The van der Waals surface area contributed by atoms with Gasteiger partial charge in [-0.3, -0.25) is 4.79 Å². The summed E-state index contributed by atoms with van der Waals surface area (Å²) >= 11 is 0. The van der Waals surface area contributed by atoms with Gasteiger partial charge in [0.25, 0.3) is 5.91 Å². The smallest absolute Gasteiger partial charge is 0.251 e. The number of hydrogen-bond donors (Lipinski definition) is 1. The van der Waals surface area contributed by atoms with E-state index in [1.165, 1.54) is 0 Å². The van der Waals surface area contributed by atoms with E-state index in [9.17, 15) is 4.79 Å². The Balaban J connectivity index is 1.46. The molecule has 1 N–H and O–H groups in total. The number of rotatable bonds is 8. The Hall–Kier alpha value is -3.80. The van der Waals surface area contributed by atoms with E-state index in [-0.39, 0.29) is 12.0 Å². The van der Waals surface area contributed by atoms with Gasteiger partial charge in [0.05, 0.1) is 19.9 Å². The van der Waals surface area contributed by atoms with E-state index in [1.54, 1.807) is 14.2 Å². The van der Waals surface area contributed by atoms with E-state index in [0.717, 1.165) is 45.9 Å². The van der Waals surface area contributed by atoms with Gasteiger partial charge < -0.3 is 19.6 Å². The van der Waals surface area contributed by atoms with E-state index in [4.69, 9.17) is 14.3 Å². The molecule has 6 heteroatoms. The van der Waals surface area contributed by atoms with Gasteiger partial charge in [0.1, 0.15) is 11.5 Å². The number of carbonyl (C=O) groups is 1. The van der Waals surface area contributed by atoms with Crippen molar-refractivity contribution in [3.05, 3.63) is 94.5 Å². The summed E-state index contributed by atoms with van der Waals surface area (Å²) in [7, 11) is 3.28. The zero-order valence-electron chi connectivity index (χ0n) is 19.1. The molecule has 0 aromatic heterocycles. The summed E-state index contributed by atoms with van der Waals surface area (Å²) in [6.07, 6.45) is 1.26. The quantitative estimate of drug-likeness (QED) is 0.527. The molecule has 1 heterocycles. The van der Waals surface area contributed by atoms with Gasteiger partial charge in [-0.1, -0.05) is 48.5 Å². The van der Waals surface area contributed by atoms with E-state index in [1.807, 2.05) is 73.7 Å². The maximum Gasteiger partial charge on any atom is 0.251 e. The third-order valence-corrected chi connectivity index (χ3v) is 5.84. The first kappa shape index (κ1) is 22.4. The van der Waals surface area contributed by atoms with Crippen LogP contribution in [0, 0.1) is 0 Å². The van der Waals surface area contributed by atoms with E-state index < -0.39 is 0 Å². The molecule has 0 bridgehead atoms. The SMILES string of the molecule is CCc1ccc(C2=NOC(c3ccc(OC)cc3)C2)cc1C(=O)NCc1ccc(OC)cc1. The summed E-state index contributed by atoms with van der Waals surface area (Å²) in [5.74, 6) is 1.49. The molecule has 0 saturated heterocycles. The monoisotopic (exact) mass is 444 g/mol. The number of oxime groups is 1. The van der Waals surface area contributed by atoms with Crippen LogP contribution in [-0.4, -0.2) is 25.8 Å². The van der Waals surface area contributed by atoms with Crippen molar-refractivity contribution in [1.82, 2.24) is 5.32 Å². The highest BCUT2D eigenvalue weighted by atomic mass is 16.6. The highest BCUT2D eigenvalue weighted by Gasteiger charge is 2.25. The van der Waals surface area contributed by atoms with Gasteiger partial charge in [-0.15, -0.1) is 0 Å². The van der Waals surface area contributed by atoms with Gasteiger partial charge in [-0.25, -0.2) is 0 Å². The molecule has 6 nitrogen and oxygen atoms in total. The molecule has 3 aromatic carbocycles. The predicted octanol–water partition coefficient (Wildman–Crippen LogP) is 5.06. The third-order valence-electron chi connectivity index (χ3n) is 5.84. The molecule has 3 aromatic rings. The number of aryl methyl sites for hydroxylation is 1. The fourth-order valence-corrected chi connectivity index (χ4v) is 3.84. The normalized spacial score (nSPS) is 14.9. The lowest BCUT2D eigenvalue weighted by Crippen LogP contribution is -2.24. The van der Waals surface area contributed by atoms with Crippen LogP contribution in [-0.2, 0) is 17.8 Å².